The van der Waals surface area contributed by atoms with Gasteiger partial charge in [0.25, 0.3) is 0 Å². The van der Waals surface area contributed by atoms with Gasteiger partial charge in [0, 0.05) is 24.4 Å². The lowest BCUT2D eigenvalue weighted by atomic mass is 9.90. The number of benzene rings is 1. The first-order valence-electron chi connectivity index (χ1n) is 10.2. The summed E-state index contributed by atoms with van der Waals surface area (Å²) in [7, 11) is 0. The Labute approximate surface area is 177 Å². The Kier molecular flexibility index (Phi) is 7.10. The van der Waals surface area contributed by atoms with Crippen LogP contribution in [0.4, 0.5) is 20.6 Å². The average molecular weight is 422 g/mol. The molecule has 0 saturated carbocycles. The lowest BCUT2D eigenvalue weighted by Gasteiger charge is -2.35. The van der Waals surface area contributed by atoms with Gasteiger partial charge in [-0.05, 0) is 51.8 Å². The van der Waals surface area contributed by atoms with E-state index in [0.29, 0.717) is 25.9 Å². The first-order chi connectivity index (χ1) is 13.8. The van der Waals surface area contributed by atoms with Gasteiger partial charge in [0.1, 0.15) is 11.4 Å². The van der Waals surface area contributed by atoms with Crippen LogP contribution in [0, 0.1) is 17.2 Å². The van der Waals surface area contributed by atoms with Crippen LogP contribution in [-0.2, 0) is 14.3 Å². The molecule has 166 valence electrons. The number of piperidine rings is 1. The van der Waals surface area contributed by atoms with Gasteiger partial charge in [0.15, 0.2) is 0 Å². The summed E-state index contributed by atoms with van der Waals surface area (Å²) < 4.78 is 19.0. The van der Waals surface area contributed by atoms with Gasteiger partial charge in [-0.2, -0.15) is 0 Å². The fraction of sp³-hybridized carbons (Fsp3) is 0.591. The third-order valence-electron chi connectivity index (χ3n) is 4.67. The summed E-state index contributed by atoms with van der Waals surface area (Å²) >= 11 is 0. The van der Waals surface area contributed by atoms with E-state index < -0.39 is 22.9 Å². The highest BCUT2D eigenvalue weighted by Gasteiger charge is 2.32. The minimum absolute atomic E-state index is 0.0651. The molecule has 7 nitrogen and oxygen atoms in total. The number of nitrogens with zero attached hydrogens (tertiary/aromatic N) is 1. The summed E-state index contributed by atoms with van der Waals surface area (Å²) in [6.07, 6.45) is 0.355. The number of rotatable bonds is 3. The lowest BCUT2D eigenvalue weighted by Crippen LogP contribution is -2.45. The van der Waals surface area contributed by atoms with E-state index in [2.05, 4.69) is 10.6 Å². The molecule has 0 unspecified atom stereocenters. The van der Waals surface area contributed by atoms with Gasteiger partial charge in [0.2, 0.25) is 11.8 Å². The molecule has 30 heavy (non-hydrogen) atoms. The second-order valence-corrected chi connectivity index (χ2v) is 9.62. The number of nitrogens with one attached hydrogen (secondary N) is 2. The van der Waals surface area contributed by atoms with Gasteiger partial charge in [-0.1, -0.05) is 20.8 Å². The van der Waals surface area contributed by atoms with Gasteiger partial charge in [-0.15, -0.1) is 0 Å². The fourth-order valence-electron chi connectivity index (χ4n) is 3.20. The fourth-order valence-corrected chi connectivity index (χ4v) is 3.20. The molecule has 2 N–H and O–H groups in total. The van der Waals surface area contributed by atoms with Crippen molar-refractivity contribution in [3.63, 3.8) is 0 Å². The largest absolute Gasteiger partial charge is 0.444 e. The number of hydrogen-bond donors (Lipinski definition) is 2. The maximum atomic E-state index is 13.8. The Morgan fingerprint density at radius 1 is 1.00 bits per heavy atom. The zero-order valence-corrected chi connectivity index (χ0v) is 18.6. The second kappa shape index (κ2) is 9.02. The van der Waals surface area contributed by atoms with E-state index in [1.165, 1.54) is 12.1 Å². The Bertz CT molecular complexity index is 804. The van der Waals surface area contributed by atoms with Gasteiger partial charge < -0.3 is 15.0 Å². The SMILES string of the molecule is CC(C)(C)OC(=O)Nc1ccc(F)cc1NC(=O)C1CCN(C(=O)C(C)(C)C)CC1. The maximum absolute atomic E-state index is 13.8. The van der Waals surface area contributed by atoms with Crippen molar-refractivity contribution in [2.75, 3.05) is 23.7 Å². The number of anilines is 2. The summed E-state index contributed by atoms with van der Waals surface area (Å²) in [4.78, 5) is 39.0. The highest BCUT2D eigenvalue weighted by Crippen LogP contribution is 2.27. The zero-order chi connectivity index (χ0) is 22.7. The normalized spacial score (nSPS) is 15.5. The van der Waals surface area contributed by atoms with E-state index in [9.17, 15) is 18.8 Å². The van der Waals surface area contributed by atoms with Crippen LogP contribution >= 0.6 is 0 Å². The van der Waals surface area contributed by atoms with E-state index in [1.807, 2.05) is 20.8 Å². The van der Waals surface area contributed by atoms with Crippen LogP contribution in [0.1, 0.15) is 54.4 Å². The van der Waals surface area contributed by atoms with Crippen LogP contribution in [0.2, 0.25) is 0 Å². The van der Waals surface area contributed by atoms with Crippen molar-refractivity contribution in [1.82, 2.24) is 4.90 Å². The van der Waals surface area contributed by atoms with Crippen molar-refractivity contribution in [2.45, 2.75) is 60.0 Å². The maximum Gasteiger partial charge on any atom is 0.412 e. The Morgan fingerprint density at radius 2 is 1.60 bits per heavy atom. The third-order valence-corrected chi connectivity index (χ3v) is 4.67. The molecule has 1 fully saturated rings. The van der Waals surface area contributed by atoms with E-state index in [-0.39, 0.29) is 29.1 Å². The molecule has 0 radical (unpaired) electrons. The Balaban J connectivity index is 2.02. The molecule has 1 heterocycles. The van der Waals surface area contributed by atoms with Crippen molar-refractivity contribution >= 4 is 29.3 Å². The zero-order valence-electron chi connectivity index (χ0n) is 18.6. The van der Waals surface area contributed by atoms with Gasteiger partial charge in [-0.25, -0.2) is 9.18 Å². The summed E-state index contributed by atoms with van der Waals surface area (Å²) in [5.41, 5.74) is -0.733. The summed E-state index contributed by atoms with van der Waals surface area (Å²) in [6.45, 7) is 11.8. The van der Waals surface area contributed by atoms with Crippen LogP contribution in [0.5, 0.6) is 0 Å². The summed E-state index contributed by atoms with van der Waals surface area (Å²) in [6, 6.07) is 3.72. The monoisotopic (exact) mass is 421 g/mol. The molecule has 0 aliphatic carbocycles. The van der Waals surface area contributed by atoms with Crippen LogP contribution in [0.15, 0.2) is 18.2 Å². The highest BCUT2D eigenvalue weighted by atomic mass is 19.1. The first kappa shape index (κ1) is 23.6. The minimum Gasteiger partial charge on any atom is -0.444 e. The second-order valence-electron chi connectivity index (χ2n) is 9.62. The number of likely N-dealkylation sites (tertiary alicyclic amines) is 1. The number of carbonyl (C=O) groups excluding carboxylic acids is 3. The van der Waals surface area contributed by atoms with E-state index in [1.54, 1.807) is 25.7 Å². The number of carbonyl (C=O) groups is 3. The molecule has 1 aliphatic rings. The number of halogens is 1. The third kappa shape index (κ3) is 6.71. The van der Waals surface area contributed by atoms with Gasteiger partial charge >= 0.3 is 6.09 Å². The van der Waals surface area contributed by atoms with Crippen LogP contribution in [-0.4, -0.2) is 41.5 Å². The van der Waals surface area contributed by atoms with Crippen LogP contribution in [0.25, 0.3) is 0 Å². The van der Waals surface area contributed by atoms with Crippen molar-refractivity contribution < 1.29 is 23.5 Å². The number of amides is 3. The van der Waals surface area contributed by atoms with Gasteiger partial charge in [0.05, 0.1) is 11.4 Å². The van der Waals surface area contributed by atoms with Gasteiger partial charge in [-0.3, -0.25) is 14.9 Å². The van der Waals surface area contributed by atoms with Crippen molar-refractivity contribution in [1.29, 1.82) is 0 Å². The summed E-state index contributed by atoms with van der Waals surface area (Å²) in [5.74, 6) is -1.04. The molecule has 8 heteroatoms. The molecule has 1 aromatic carbocycles. The molecule has 2 rings (SSSR count). The molecule has 1 aromatic rings. The molecule has 1 aliphatic heterocycles. The number of hydrogen-bond acceptors (Lipinski definition) is 4. The average Bonchev–Trinajstić information content (AvgIpc) is 2.61. The molecule has 1 saturated heterocycles. The van der Waals surface area contributed by atoms with Crippen LogP contribution in [0.3, 0.4) is 0 Å². The van der Waals surface area contributed by atoms with E-state index in [4.69, 9.17) is 4.74 Å². The summed E-state index contributed by atoms with van der Waals surface area (Å²) in [5, 5.41) is 5.26. The first-order valence-corrected chi connectivity index (χ1v) is 10.2. The Morgan fingerprint density at radius 3 is 2.13 bits per heavy atom. The molecular weight excluding hydrogens is 389 g/mol. The van der Waals surface area contributed by atoms with E-state index >= 15 is 0 Å². The smallest absolute Gasteiger partial charge is 0.412 e. The molecular formula is C22H32FN3O4. The van der Waals surface area contributed by atoms with Crippen molar-refractivity contribution in [3.8, 4) is 0 Å². The molecule has 3 amide bonds. The molecule has 0 spiro atoms. The van der Waals surface area contributed by atoms with E-state index in [0.717, 1.165) is 6.07 Å². The topological polar surface area (TPSA) is 87.7 Å². The Hall–Kier alpha value is -2.64. The molecule has 0 bridgehead atoms. The number of ether oxygens (including phenoxy) is 1. The predicted molar refractivity (Wildman–Crippen MR) is 114 cm³/mol. The van der Waals surface area contributed by atoms with Crippen molar-refractivity contribution in [3.05, 3.63) is 24.0 Å². The van der Waals surface area contributed by atoms with Crippen LogP contribution < -0.4 is 10.6 Å². The lowest BCUT2D eigenvalue weighted by molar-refractivity contribution is -0.142. The predicted octanol–water partition coefficient (Wildman–Crippen LogP) is 4.40. The quantitative estimate of drug-likeness (QED) is 0.757. The van der Waals surface area contributed by atoms with Crippen molar-refractivity contribution in [2.24, 2.45) is 11.3 Å². The minimum atomic E-state index is -0.696. The standard InChI is InChI=1S/C22H32FN3O4/c1-21(2,3)19(28)26-11-9-14(10-12-26)18(27)24-17-13-15(23)7-8-16(17)25-20(29)30-22(4,5)6/h7-8,13-14H,9-12H2,1-6H3,(H,24,27)(H,25,29). The highest BCUT2D eigenvalue weighted by molar-refractivity contribution is 5.99. The molecule has 0 atom stereocenters. The molecule has 0 aromatic heterocycles.